The predicted octanol–water partition coefficient (Wildman–Crippen LogP) is 2.49. The van der Waals surface area contributed by atoms with Crippen LogP contribution in [-0.2, 0) is 6.42 Å². The number of pyridine rings is 1. The molecule has 0 radical (unpaired) electrons. The van der Waals surface area contributed by atoms with Gasteiger partial charge in [-0.05, 0) is 36.2 Å². The highest BCUT2D eigenvalue weighted by atomic mass is 35.5. The van der Waals surface area contributed by atoms with Gasteiger partial charge >= 0.3 is 0 Å². The Kier molecular flexibility index (Phi) is 7.19. The van der Waals surface area contributed by atoms with Gasteiger partial charge in [-0.15, -0.1) is 12.4 Å². The Bertz CT molecular complexity index is 606. The predicted molar refractivity (Wildman–Crippen MR) is 87.1 cm³/mol. The molecule has 2 aromatic rings. The van der Waals surface area contributed by atoms with Gasteiger partial charge < -0.3 is 14.8 Å². The first-order valence-corrected chi connectivity index (χ1v) is 6.63. The fourth-order valence-corrected chi connectivity index (χ4v) is 1.96. The maximum atomic E-state index is 11.9. The summed E-state index contributed by atoms with van der Waals surface area (Å²) in [5.41, 5.74) is 1.68. The molecule has 22 heavy (non-hydrogen) atoms. The van der Waals surface area contributed by atoms with Gasteiger partial charge in [0.25, 0.3) is 5.91 Å². The number of amides is 1. The molecule has 0 atom stereocenters. The van der Waals surface area contributed by atoms with E-state index in [1.54, 1.807) is 38.7 Å². The van der Waals surface area contributed by atoms with Gasteiger partial charge in [0.05, 0.1) is 14.2 Å². The quantitative estimate of drug-likeness (QED) is 0.887. The Morgan fingerprint density at radius 3 is 2.41 bits per heavy atom. The first-order valence-electron chi connectivity index (χ1n) is 6.63. The van der Waals surface area contributed by atoms with Gasteiger partial charge in [-0.25, -0.2) is 0 Å². The lowest BCUT2D eigenvalue weighted by molar-refractivity contribution is 0.0954. The number of halogens is 1. The molecule has 1 aromatic heterocycles. The lowest BCUT2D eigenvalue weighted by Gasteiger charge is -2.10. The van der Waals surface area contributed by atoms with Crippen molar-refractivity contribution in [2.24, 2.45) is 0 Å². The van der Waals surface area contributed by atoms with E-state index in [9.17, 15) is 4.79 Å². The van der Waals surface area contributed by atoms with Crippen molar-refractivity contribution >= 4 is 18.3 Å². The molecule has 0 saturated heterocycles. The van der Waals surface area contributed by atoms with Crippen LogP contribution in [0.3, 0.4) is 0 Å². The summed E-state index contributed by atoms with van der Waals surface area (Å²) in [7, 11) is 3.21. The van der Waals surface area contributed by atoms with Crippen LogP contribution in [0, 0.1) is 0 Å². The van der Waals surface area contributed by atoms with E-state index in [0.29, 0.717) is 23.6 Å². The Labute approximate surface area is 136 Å². The summed E-state index contributed by atoms with van der Waals surface area (Å²) in [6, 6.07) is 9.10. The van der Waals surface area contributed by atoms with E-state index in [1.165, 1.54) is 0 Å². The summed E-state index contributed by atoms with van der Waals surface area (Å²) in [5, 5.41) is 2.87. The summed E-state index contributed by atoms with van der Waals surface area (Å²) in [5.74, 6) is 1.29. The number of ether oxygens (including phenoxy) is 2. The second-order valence-electron chi connectivity index (χ2n) is 4.43. The average Bonchev–Trinajstić information content (AvgIpc) is 2.55. The van der Waals surface area contributed by atoms with Crippen LogP contribution in [0.25, 0.3) is 0 Å². The Hall–Kier alpha value is -2.27. The molecule has 1 aromatic carbocycles. The maximum Gasteiger partial charge on any atom is 0.251 e. The molecule has 118 valence electrons. The molecule has 0 unspecified atom stereocenters. The minimum atomic E-state index is -0.0992. The lowest BCUT2D eigenvalue weighted by atomic mass is 10.1. The van der Waals surface area contributed by atoms with Gasteiger partial charge in [-0.2, -0.15) is 0 Å². The van der Waals surface area contributed by atoms with Crippen molar-refractivity contribution < 1.29 is 14.3 Å². The molecule has 0 bridgehead atoms. The molecule has 5 nitrogen and oxygen atoms in total. The third-order valence-corrected chi connectivity index (χ3v) is 3.09. The van der Waals surface area contributed by atoms with Crippen LogP contribution in [0.2, 0.25) is 0 Å². The second-order valence-corrected chi connectivity index (χ2v) is 4.43. The number of methoxy groups -OCH3 is 2. The van der Waals surface area contributed by atoms with Crippen molar-refractivity contribution in [3.05, 3.63) is 53.9 Å². The molecule has 0 aliphatic carbocycles. The van der Waals surface area contributed by atoms with Gasteiger partial charge in [0, 0.05) is 24.5 Å². The largest absolute Gasteiger partial charge is 0.493 e. The fraction of sp³-hybridized carbons (Fsp3) is 0.250. The van der Waals surface area contributed by atoms with Gasteiger partial charge in [-0.1, -0.05) is 6.07 Å². The third kappa shape index (κ3) is 4.63. The Morgan fingerprint density at radius 1 is 1.09 bits per heavy atom. The van der Waals surface area contributed by atoms with E-state index < -0.39 is 0 Å². The molecule has 0 fully saturated rings. The van der Waals surface area contributed by atoms with Crippen molar-refractivity contribution in [3.8, 4) is 11.5 Å². The average molecular weight is 323 g/mol. The molecule has 0 saturated carbocycles. The van der Waals surface area contributed by atoms with Crippen molar-refractivity contribution in [1.82, 2.24) is 10.3 Å². The number of rotatable bonds is 6. The van der Waals surface area contributed by atoms with Gasteiger partial charge in [0.2, 0.25) is 0 Å². The monoisotopic (exact) mass is 322 g/mol. The highest BCUT2D eigenvalue weighted by Crippen LogP contribution is 2.27. The molecule has 1 heterocycles. The topological polar surface area (TPSA) is 60.5 Å². The van der Waals surface area contributed by atoms with Crippen LogP contribution in [0.1, 0.15) is 15.9 Å². The highest BCUT2D eigenvalue weighted by Gasteiger charge is 2.06. The van der Waals surface area contributed by atoms with Crippen LogP contribution >= 0.6 is 12.4 Å². The van der Waals surface area contributed by atoms with E-state index in [-0.39, 0.29) is 18.3 Å². The molecule has 0 spiro atoms. The SMILES string of the molecule is COc1ccc(CCNC(=O)c2ccncc2)cc1OC.Cl. The van der Waals surface area contributed by atoms with Crippen LogP contribution in [-0.4, -0.2) is 31.7 Å². The molecule has 1 amide bonds. The number of nitrogens with zero attached hydrogens (tertiary/aromatic N) is 1. The standard InChI is InChI=1S/C16H18N2O3.ClH/c1-20-14-4-3-12(11-15(14)21-2)5-10-18-16(19)13-6-8-17-9-7-13;/h3-4,6-9,11H,5,10H2,1-2H3,(H,18,19);1H. The van der Waals surface area contributed by atoms with E-state index in [4.69, 9.17) is 9.47 Å². The smallest absolute Gasteiger partial charge is 0.251 e. The zero-order valence-electron chi connectivity index (χ0n) is 12.5. The van der Waals surface area contributed by atoms with Crippen LogP contribution < -0.4 is 14.8 Å². The number of carbonyl (C=O) groups excluding carboxylic acids is 1. The van der Waals surface area contributed by atoms with Crippen molar-refractivity contribution in [1.29, 1.82) is 0 Å². The zero-order valence-corrected chi connectivity index (χ0v) is 13.4. The van der Waals surface area contributed by atoms with Crippen LogP contribution in [0.5, 0.6) is 11.5 Å². The molecular weight excluding hydrogens is 304 g/mol. The first-order chi connectivity index (χ1) is 10.2. The number of nitrogens with one attached hydrogen (secondary N) is 1. The highest BCUT2D eigenvalue weighted by molar-refractivity contribution is 5.93. The fourth-order valence-electron chi connectivity index (χ4n) is 1.96. The number of carbonyl (C=O) groups is 1. The normalized spacial score (nSPS) is 9.55. The van der Waals surface area contributed by atoms with E-state index in [2.05, 4.69) is 10.3 Å². The number of benzene rings is 1. The number of hydrogen-bond acceptors (Lipinski definition) is 4. The minimum Gasteiger partial charge on any atom is -0.493 e. The summed E-state index contributed by atoms with van der Waals surface area (Å²) in [6.07, 6.45) is 3.92. The van der Waals surface area contributed by atoms with Crippen molar-refractivity contribution in [2.45, 2.75) is 6.42 Å². The summed E-state index contributed by atoms with van der Waals surface area (Å²) in [4.78, 5) is 15.8. The van der Waals surface area contributed by atoms with Crippen molar-refractivity contribution in [3.63, 3.8) is 0 Å². The van der Waals surface area contributed by atoms with Gasteiger partial charge in [0.15, 0.2) is 11.5 Å². The molecule has 0 aliphatic heterocycles. The first kappa shape index (κ1) is 17.8. The summed E-state index contributed by atoms with van der Waals surface area (Å²) >= 11 is 0. The number of aromatic nitrogens is 1. The van der Waals surface area contributed by atoms with Crippen molar-refractivity contribution in [2.75, 3.05) is 20.8 Å². The van der Waals surface area contributed by atoms with E-state index in [1.807, 2.05) is 18.2 Å². The maximum absolute atomic E-state index is 11.9. The molecule has 2 rings (SSSR count). The van der Waals surface area contributed by atoms with E-state index in [0.717, 1.165) is 12.0 Å². The molecular formula is C16H19ClN2O3. The second kappa shape index (κ2) is 8.89. The number of hydrogen-bond donors (Lipinski definition) is 1. The van der Waals surface area contributed by atoms with E-state index >= 15 is 0 Å². The summed E-state index contributed by atoms with van der Waals surface area (Å²) < 4.78 is 10.4. The summed E-state index contributed by atoms with van der Waals surface area (Å²) in [6.45, 7) is 0.552. The van der Waals surface area contributed by atoms with Gasteiger partial charge in [-0.3, -0.25) is 9.78 Å². The Balaban J connectivity index is 0.00000242. The minimum absolute atomic E-state index is 0. The van der Waals surface area contributed by atoms with Crippen LogP contribution in [0.15, 0.2) is 42.7 Å². The zero-order chi connectivity index (χ0) is 15.1. The lowest BCUT2D eigenvalue weighted by Crippen LogP contribution is -2.25. The molecule has 0 aliphatic rings. The van der Waals surface area contributed by atoms with Crippen LogP contribution in [0.4, 0.5) is 0 Å². The third-order valence-electron chi connectivity index (χ3n) is 3.09. The molecule has 6 heteroatoms. The molecule has 1 N–H and O–H groups in total. The van der Waals surface area contributed by atoms with Gasteiger partial charge in [0.1, 0.15) is 0 Å². The Morgan fingerprint density at radius 2 is 1.77 bits per heavy atom.